The molecule has 0 aromatic carbocycles. The smallest absolute Gasteiger partial charge is 0.305 e. The molecular formula is C18H32O9. The Morgan fingerprint density at radius 3 is 2.22 bits per heavy atom. The van der Waals surface area contributed by atoms with Crippen molar-refractivity contribution in [2.45, 2.75) is 89.0 Å². The van der Waals surface area contributed by atoms with Crippen LogP contribution in [-0.2, 0) is 23.8 Å². The number of unbranched alkanes of at least 4 members (excludes halogenated alkanes) is 4. The van der Waals surface area contributed by atoms with Gasteiger partial charge in [0.15, 0.2) is 6.29 Å². The highest BCUT2D eigenvalue weighted by Gasteiger charge is 2.44. The van der Waals surface area contributed by atoms with Crippen LogP contribution in [0.25, 0.3) is 0 Å². The number of carboxylic acids is 1. The summed E-state index contributed by atoms with van der Waals surface area (Å²) in [6.45, 7) is 2.07. The van der Waals surface area contributed by atoms with Crippen LogP contribution in [0.15, 0.2) is 0 Å². The van der Waals surface area contributed by atoms with Crippen LogP contribution in [-0.4, -0.2) is 76.3 Å². The molecular weight excluding hydrogens is 360 g/mol. The van der Waals surface area contributed by atoms with Gasteiger partial charge in [-0.1, -0.05) is 26.2 Å². The van der Waals surface area contributed by atoms with Gasteiger partial charge in [0, 0.05) is 19.4 Å². The number of rotatable bonds is 13. The summed E-state index contributed by atoms with van der Waals surface area (Å²) in [7, 11) is 0. The van der Waals surface area contributed by atoms with E-state index in [9.17, 15) is 24.9 Å². The van der Waals surface area contributed by atoms with Crippen molar-refractivity contribution in [3.63, 3.8) is 0 Å². The summed E-state index contributed by atoms with van der Waals surface area (Å²) in [5.74, 6) is -1.29. The Hall–Kier alpha value is -1.26. The molecule has 1 aliphatic rings. The Labute approximate surface area is 159 Å². The Kier molecular flexibility index (Phi) is 11.5. The number of carbonyl (C=O) groups is 2. The van der Waals surface area contributed by atoms with Gasteiger partial charge in [0.2, 0.25) is 0 Å². The maximum absolute atomic E-state index is 11.8. The van der Waals surface area contributed by atoms with Gasteiger partial charge in [-0.3, -0.25) is 9.59 Å². The van der Waals surface area contributed by atoms with Gasteiger partial charge in [0.05, 0.1) is 0 Å². The van der Waals surface area contributed by atoms with Gasteiger partial charge in [-0.05, 0) is 19.3 Å². The molecule has 9 heteroatoms. The van der Waals surface area contributed by atoms with E-state index in [1.165, 1.54) is 0 Å². The zero-order valence-electron chi connectivity index (χ0n) is 15.8. The zero-order valence-corrected chi connectivity index (χ0v) is 15.8. The van der Waals surface area contributed by atoms with Crippen molar-refractivity contribution in [2.75, 3.05) is 13.2 Å². The number of hydrogen-bond acceptors (Lipinski definition) is 8. The van der Waals surface area contributed by atoms with E-state index in [2.05, 4.69) is 0 Å². The van der Waals surface area contributed by atoms with E-state index in [0.717, 1.165) is 25.7 Å². The molecule has 5 atom stereocenters. The first-order valence-corrected chi connectivity index (χ1v) is 9.55. The van der Waals surface area contributed by atoms with E-state index < -0.39 is 42.6 Å². The van der Waals surface area contributed by atoms with Crippen LogP contribution in [0.3, 0.4) is 0 Å². The second kappa shape index (κ2) is 13.0. The lowest BCUT2D eigenvalue weighted by Gasteiger charge is -2.39. The van der Waals surface area contributed by atoms with Gasteiger partial charge in [-0.25, -0.2) is 0 Å². The minimum atomic E-state index is -1.46. The largest absolute Gasteiger partial charge is 0.481 e. The van der Waals surface area contributed by atoms with Crippen molar-refractivity contribution in [2.24, 2.45) is 0 Å². The second-order valence-electron chi connectivity index (χ2n) is 6.73. The summed E-state index contributed by atoms with van der Waals surface area (Å²) in [4.78, 5) is 22.2. The first-order valence-electron chi connectivity index (χ1n) is 9.55. The van der Waals surface area contributed by atoms with E-state index in [0.29, 0.717) is 19.4 Å². The number of ether oxygens (including phenoxy) is 3. The molecule has 1 heterocycles. The van der Waals surface area contributed by atoms with Crippen molar-refractivity contribution in [3.8, 4) is 0 Å². The molecule has 0 unspecified atom stereocenters. The lowest BCUT2D eigenvalue weighted by molar-refractivity contribution is -0.301. The molecule has 0 bridgehead atoms. The third-order valence-corrected chi connectivity index (χ3v) is 4.38. The predicted octanol–water partition coefficient (Wildman–Crippen LogP) is 0.579. The lowest BCUT2D eigenvalue weighted by Crippen LogP contribution is -2.59. The second-order valence-corrected chi connectivity index (χ2v) is 6.73. The highest BCUT2D eigenvalue weighted by Crippen LogP contribution is 2.23. The zero-order chi connectivity index (χ0) is 20.2. The van der Waals surface area contributed by atoms with Crippen molar-refractivity contribution in [1.29, 1.82) is 0 Å². The number of esters is 1. The Morgan fingerprint density at radius 1 is 0.926 bits per heavy atom. The third-order valence-electron chi connectivity index (χ3n) is 4.38. The average Bonchev–Trinajstić information content (AvgIpc) is 2.63. The van der Waals surface area contributed by atoms with Crippen molar-refractivity contribution in [3.05, 3.63) is 0 Å². The van der Waals surface area contributed by atoms with E-state index in [-0.39, 0.29) is 19.4 Å². The lowest BCUT2D eigenvalue weighted by atomic mass is 9.99. The standard InChI is InChI=1S/C18H32O9/c1-2-3-10-25-18-17(24)16(23)15(22)12(27-18)11-26-14(21)9-7-5-4-6-8-13(19)20/h12,15-18,22-24H,2-11H2,1H3,(H,19,20)/t12-,15-,16+,17-,18+/m1/s1. The summed E-state index contributed by atoms with van der Waals surface area (Å²) >= 11 is 0. The number of aliphatic carboxylic acids is 1. The maximum atomic E-state index is 11.8. The molecule has 1 rings (SSSR count). The highest BCUT2D eigenvalue weighted by molar-refractivity contribution is 5.69. The van der Waals surface area contributed by atoms with Crippen LogP contribution >= 0.6 is 0 Å². The summed E-state index contributed by atoms with van der Waals surface area (Å²) in [6.07, 6.45) is -1.75. The monoisotopic (exact) mass is 392 g/mol. The molecule has 1 saturated heterocycles. The van der Waals surface area contributed by atoms with Gasteiger partial charge in [-0.2, -0.15) is 0 Å². The van der Waals surface area contributed by atoms with Crippen molar-refractivity contribution in [1.82, 2.24) is 0 Å². The van der Waals surface area contributed by atoms with Crippen LogP contribution in [0.1, 0.15) is 58.3 Å². The summed E-state index contributed by atoms with van der Waals surface area (Å²) in [6, 6.07) is 0. The first kappa shape index (κ1) is 23.8. The molecule has 158 valence electrons. The molecule has 0 aromatic heterocycles. The quantitative estimate of drug-likeness (QED) is 0.261. The van der Waals surface area contributed by atoms with E-state index >= 15 is 0 Å². The molecule has 0 aliphatic carbocycles. The molecule has 0 aromatic rings. The Bertz CT molecular complexity index is 443. The number of carbonyl (C=O) groups excluding carboxylic acids is 1. The minimum Gasteiger partial charge on any atom is -0.481 e. The highest BCUT2D eigenvalue weighted by atomic mass is 16.7. The molecule has 4 N–H and O–H groups in total. The summed E-state index contributed by atoms with van der Waals surface area (Å²) in [5, 5.41) is 38.4. The van der Waals surface area contributed by atoms with Crippen LogP contribution < -0.4 is 0 Å². The van der Waals surface area contributed by atoms with Gasteiger partial charge in [0.1, 0.15) is 31.0 Å². The fourth-order valence-corrected chi connectivity index (χ4v) is 2.68. The van der Waals surface area contributed by atoms with Gasteiger partial charge in [0.25, 0.3) is 0 Å². The average molecular weight is 392 g/mol. The maximum Gasteiger partial charge on any atom is 0.305 e. The topological polar surface area (TPSA) is 143 Å². The molecule has 0 radical (unpaired) electrons. The van der Waals surface area contributed by atoms with Crippen LogP contribution in [0, 0.1) is 0 Å². The predicted molar refractivity (Wildman–Crippen MR) is 93.8 cm³/mol. The fraction of sp³-hybridized carbons (Fsp3) is 0.889. The number of aliphatic hydroxyl groups excluding tert-OH is 3. The van der Waals surface area contributed by atoms with Gasteiger partial charge < -0.3 is 34.6 Å². The number of aliphatic hydroxyl groups is 3. The Morgan fingerprint density at radius 2 is 1.59 bits per heavy atom. The van der Waals surface area contributed by atoms with Crippen LogP contribution in [0.5, 0.6) is 0 Å². The Balaban J connectivity index is 2.29. The summed E-state index contributed by atoms with van der Waals surface area (Å²) < 4.78 is 15.9. The molecule has 27 heavy (non-hydrogen) atoms. The van der Waals surface area contributed by atoms with Crippen LogP contribution in [0.4, 0.5) is 0 Å². The fourth-order valence-electron chi connectivity index (χ4n) is 2.68. The minimum absolute atomic E-state index is 0.122. The van der Waals surface area contributed by atoms with Crippen molar-refractivity contribution >= 4 is 11.9 Å². The first-order chi connectivity index (χ1) is 12.9. The number of hydrogen-bond donors (Lipinski definition) is 4. The summed E-state index contributed by atoms with van der Waals surface area (Å²) in [5.41, 5.74) is 0. The van der Waals surface area contributed by atoms with E-state index in [4.69, 9.17) is 19.3 Å². The molecule has 0 spiro atoms. The van der Waals surface area contributed by atoms with Crippen LogP contribution in [0.2, 0.25) is 0 Å². The van der Waals surface area contributed by atoms with E-state index in [1.807, 2.05) is 6.92 Å². The molecule has 0 amide bonds. The SMILES string of the molecule is CCCCO[C@H]1O[C@H](COC(=O)CCCCCCC(=O)O)[C@@H](O)[C@H](O)[C@H]1O. The van der Waals surface area contributed by atoms with Gasteiger partial charge >= 0.3 is 11.9 Å². The van der Waals surface area contributed by atoms with Crippen molar-refractivity contribution < 1.29 is 44.2 Å². The normalized spacial score (nSPS) is 28.1. The molecule has 0 saturated carbocycles. The molecule has 1 aliphatic heterocycles. The molecule has 9 nitrogen and oxygen atoms in total. The van der Waals surface area contributed by atoms with Gasteiger partial charge in [-0.15, -0.1) is 0 Å². The third kappa shape index (κ3) is 8.98. The molecule has 1 fully saturated rings. The van der Waals surface area contributed by atoms with E-state index in [1.54, 1.807) is 0 Å². The number of carboxylic acid groups (broad SMARTS) is 1.